The number of rotatable bonds is 3. The quantitative estimate of drug-likeness (QED) is 0.464. The number of imidazole rings is 1. The van der Waals surface area contributed by atoms with Crippen molar-refractivity contribution in [1.82, 2.24) is 9.55 Å². The summed E-state index contributed by atoms with van der Waals surface area (Å²) >= 11 is 0. The van der Waals surface area contributed by atoms with E-state index in [1.54, 1.807) is 0 Å². The monoisotopic (exact) mass is 298 g/mol. The van der Waals surface area contributed by atoms with E-state index in [9.17, 15) is 0 Å². The molecule has 0 spiro atoms. The highest BCUT2D eigenvalue weighted by Gasteiger charge is 2.07. The van der Waals surface area contributed by atoms with Gasteiger partial charge in [0.15, 0.2) is 0 Å². The summed E-state index contributed by atoms with van der Waals surface area (Å²) in [5.41, 5.74) is 4.61. The Bertz CT molecular complexity index is 971. The fraction of sp³-hybridized carbons (Fsp3) is 0. The number of nitrogens with zero attached hydrogens (tertiary/aromatic N) is 4. The van der Waals surface area contributed by atoms with Gasteiger partial charge in [0.25, 0.3) is 0 Å². The zero-order chi connectivity index (χ0) is 15.5. The first kappa shape index (κ1) is 13.4. The zero-order valence-corrected chi connectivity index (χ0v) is 12.4. The van der Waals surface area contributed by atoms with Crippen LogP contribution in [-0.2, 0) is 0 Å². The second kappa shape index (κ2) is 5.85. The Morgan fingerprint density at radius 3 is 2.35 bits per heavy atom. The maximum atomic E-state index is 4.45. The molecule has 4 aromatic rings. The van der Waals surface area contributed by atoms with Crippen LogP contribution in [0.5, 0.6) is 0 Å². The molecule has 0 aliphatic heterocycles. The lowest BCUT2D eigenvalue weighted by Gasteiger charge is -2.07. The lowest BCUT2D eigenvalue weighted by Crippen LogP contribution is -1.91. The summed E-state index contributed by atoms with van der Waals surface area (Å²) in [4.78, 5) is 4.45. The van der Waals surface area contributed by atoms with Crippen molar-refractivity contribution >= 4 is 22.4 Å². The van der Waals surface area contributed by atoms with Gasteiger partial charge >= 0.3 is 0 Å². The third-order valence-corrected chi connectivity index (χ3v) is 3.62. The van der Waals surface area contributed by atoms with Gasteiger partial charge in [-0.1, -0.05) is 42.5 Å². The average Bonchev–Trinajstić information content (AvgIpc) is 3.05. The molecule has 0 fully saturated rings. The first-order chi connectivity index (χ1) is 11.4. The van der Waals surface area contributed by atoms with Gasteiger partial charge < -0.3 is 0 Å². The van der Waals surface area contributed by atoms with Gasteiger partial charge in [-0.05, 0) is 36.4 Å². The topological polar surface area (TPSA) is 42.5 Å². The van der Waals surface area contributed by atoms with Gasteiger partial charge in [0, 0.05) is 0 Å². The van der Waals surface area contributed by atoms with Crippen LogP contribution in [0.25, 0.3) is 16.7 Å². The van der Waals surface area contributed by atoms with Crippen molar-refractivity contribution < 1.29 is 0 Å². The SMILES string of the molecule is c1ccc(/N=N/c2ccccc2-n2cnc3ccccc32)cc1. The number of hydrogen-bond acceptors (Lipinski definition) is 3. The maximum Gasteiger partial charge on any atom is 0.110 e. The van der Waals surface area contributed by atoms with Crippen LogP contribution in [0.1, 0.15) is 0 Å². The van der Waals surface area contributed by atoms with E-state index in [0.717, 1.165) is 28.1 Å². The molecule has 3 aromatic carbocycles. The van der Waals surface area contributed by atoms with Gasteiger partial charge in [-0.25, -0.2) is 4.98 Å². The highest BCUT2D eigenvalue weighted by molar-refractivity contribution is 5.78. The smallest absolute Gasteiger partial charge is 0.110 e. The Labute approximate surface area is 133 Å². The maximum absolute atomic E-state index is 4.45. The van der Waals surface area contributed by atoms with E-state index in [1.807, 2.05) is 89.8 Å². The summed E-state index contributed by atoms with van der Waals surface area (Å²) < 4.78 is 2.04. The lowest BCUT2D eigenvalue weighted by molar-refractivity contribution is 1.08. The van der Waals surface area contributed by atoms with Crippen LogP contribution in [0, 0.1) is 0 Å². The molecule has 23 heavy (non-hydrogen) atoms. The fourth-order valence-corrected chi connectivity index (χ4v) is 2.51. The van der Waals surface area contributed by atoms with Crippen LogP contribution in [0.2, 0.25) is 0 Å². The summed E-state index contributed by atoms with van der Waals surface area (Å²) in [5.74, 6) is 0. The molecule has 1 aromatic heterocycles. The van der Waals surface area contributed by atoms with E-state index in [-0.39, 0.29) is 0 Å². The van der Waals surface area contributed by atoms with Crippen LogP contribution >= 0.6 is 0 Å². The van der Waals surface area contributed by atoms with E-state index in [0.29, 0.717) is 0 Å². The molecule has 110 valence electrons. The third kappa shape index (κ3) is 2.62. The zero-order valence-electron chi connectivity index (χ0n) is 12.4. The van der Waals surface area contributed by atoms with Crippen LogP contribution < -0.4 is 0 Å². The van der Waals surface area contributed by atoms with Crippen molar-refractivity contribution in [3.8, 4) is 5.69 Å². The van der Waals surface area contributed by atoms with E-state index in [2.05, 4.69) is 15.2 Å². The molecule has 0 unspecified atom stereocenters. The van der Waals surface area contributed by atoms with Crippen LogP contribution in [0.3, 0.4) is 0 Å². The minimum absolute atomic E-state index is 0.805. The predicted octanol–water partition coefficient (Wildman–Crippen LogP) is 5.44. The molecule has 0 radical (unpaired) electrons. The molecule has 0 aliphatic rings. The largest absolute Gasteiger partial charge is 0.297 e. The van der Waals surface area contributed by atoms with Gasteiger partial charge in [0.05, 0.1) is 22.4 Å². The molecule has 0 N–H and O–H groups in total. The van der Waals surface area contributed by atoms with Crippen molar-refractivity contribution in [2.45, 2.75) is 0 Å². The minimum atomic E-state index is 0.805. The Hall–Kier alpha value is -3.27. The van der Waals surface area contributed by atoms with Crippen molar-refractivity contribution in [2.24, 2.45) is 10.2 Å². The van der Waals surface area contributed by atoms with E-state index in [4.69, 9.17) is 0 Å². The molecule has 0 saturated carbocycles. The van der Waals surface area contributed by atoms with Gasteiger partial charge in [0.2, 0.25) is 0 Å². The van der Waals surface area contributed by atoms with Crippen molar-refractivity contribution in [3.63, 3.8) is 0 Å². The number of fused-ring (bicyclic) bond motifs is 1. The number of para-hydroxylation sites is 3. The number of benzene rings is 3. The van der Waals surface area contributed by atoms with Crippen molar-refractivity contribution in [1.29, 1.82) is 0 Å². The fourth-order valence-electron chi connectivity index (χ4n) is 2.51. The van der Waals surface area contributed by atoms with Gasteiger partial charge in [-0.3, -0.25) is 4.57 Å². The molecule has 4 nitrogen and oxygen atoms in total. The summed E-state index contributed by atoms with van der Waals surface area (Å²) in [7, 11) is 0. The summed E-state index contributed by atoms with van der Waals surface area (Å²) in [6.07, 6.45) is 1.82. The van der Waals surface area contributed by atoms with Crippen LogP contribution in [-0.4, -0.2) is 9.55 Å². The molecule has 0 aliphatic carbocycles. The molecule has 1 heterocycles. The van der Waals surface area contributed by atoms with Crippen molar-refractivity contribution in [2.75, 3.05) is 0 Å². The molecule has 0 amide bonds. The summed E-state index contributed by atoms with van der Waals surface area (Å²) in [6, 6.07) is 25.7. The van der Waals surface area contributed by atoms with E-state index < -0.39 is 0 Å². The highest BCUT2D eigenvalue weighted by atomic mass is 15.1. The van der Waals surface area contributed by atoms with Crippen LogP contribution in [0.4, 0.5) is 11.4 Å². The molecule has 4 rings (SSSR count). The second-order valence-corrected chi connectivity index (χ2v) is 5.13. The van der Waals surface area contributed by atoms with Gasteiger partial charge in [-0.2, -0.15) is 5.11 Å². The minimum Gasteiger partial charge on any atom is -0.297 e. The van der Waals surface area contributed by atoms with Gasteiger partial charge in [-0.15, -0.1) is 5.11 Å². The first-order valence-electron chi connectivity index (χ1n) is 7.40. The Morgan fingerprint density at radius 1 is 0.696 bits per heavy atom. The summed E-state index contributed by atoms with van der Waals surface area (Å²) in [6.45, 7) is 0. The Kier molecular flexibility index (Phi) is 3.41. The molecule has 0 bridgehead atoms. The van der Waals surface area contributed by atoms with Crippen molar-refractivity contribution in [3.05, 3.63) is 85.2 Å². The van der Waals surface area contributed by atoms with E-state index >= 15 is 0 Å². The Balaban J connectivity index is 1.80. The standard InChI is InChI=1S/C19H14N4/c1-2-8-15(9-3-1)21-22-17-11-5-7-13-19(17)23-14-20-16-10-4-6-12-18(16)23/h1-14H/b22-21+. The van der Waals surface area contributed by atoms with Gasteiger partial charge in [0.1, 0.15) is 12.0 Å². The molecular weight excluding hydrogens is 284 g/mol. The number of azo groups is 1. The first-order valence-corrected chi connectivity index (χ1v) is 7.40. The molecule has 0 atom stereocenters. The number of hydrogen-bond donors (Lipinski definition) is 0. The number of aromatic nitrogens is 2. The highest BCUT2D eigenvalue weighted by Crippen LogP contribution is 2.28. The molecular formula is C19H14N4. The molecule has 0 saturated heterocycles. The third-order valence-electron chi connectivity index (χ3n) is 3.62. The lowest BCUT2D eigenvalue weighted by atomic mass is 10.2. The predicted molar refractivity (Wildman–Crippen MR) is 91.7 cm³/mol. The molecule has 4 heteroatoms. The normalized spacial score (nSPS) is 11.3. The summed E-state index contributed by atoms with van der Waals surface area (Å²) in [5, 5.41) is 8.73. The van der Waals surface area contributed by atoms with Crippen LogP contribution in [0.15, 0.2) is 95.4 Å². The second-order valence-electron chi connectivity index (χ2n) is 5.13. The Morgan fingerprint density at radius 2 is 1.43 bits per heavy atom. The average molecular weight is 298 g/mol. The van der Waals surface area contributed by atoms with E-state index in [1.165, 1.54) is 0 Å².